The van der Waals surface area contributed by atoms with E-state index in [2.05, 4.69) is 12.1 Å². The van der Waals surface area contributed by atoms with Gasteiger partial charge in [0.05, 0.1) is 21.8 Å². The van der Waals surface area contributed by atoms with Gasteiger partial charge >= 0.3 is 15.8 Å². The van der Waals surface area contributed by atoms with Gasteiger partial charge in [-0.1, -0.05) is 60.3 Å². The molecule has 5 rings (SSSR count). The fourth-order valence-electron chi connectivity index (χ4n) is 4.07. The molecule has 0 aliphatic carbocycles. The van der Waals surface area contributed by atoms with Gasteiger partial charge in [-0.3, -0.25) is 4.55 Å². The second-order valence-electron chi connectivity index (χ2n) is 8.11. The number of allylic oxidation sites excluding steroid dienone is 5. The fraction of sp³-hybridized carbons (Fsp3) is 0.0741. The maximum absolute atomic E-state index is 13.3. The Bertz CT molecular complexity index is 1670. The second-order valence-corrected chi connectivity index (χ2v) is 12.4. The van der Waals surface area contributed by atoms with E-state index < -0.39 is 25.8 Å². The highest BCUT2D eigenvalue weighted by molar-refractivity contribution is 8.12. The molecule has 10 heteroatoms. The highest BCUT2D eigenvalue weighted by Gasteiger charge is 2.33. The molecule has 0 amide bonds. The lowest BCUT2D eigenvalue weighted by molar-refractivity contribution is -0.696. The molecule has 0 radical (unpaired) electrons. The number of methoxy groups -OCH3 is 1. The molecule has 188 valence electrons. The topological polar surface area (TPSA) is 92.9 Å². The summed E-state index contributed by atoms with van der Waals surface area (Å²) in [6.45, 7) is 2.04. The minimum Gasteiger partial charge on any atom is -0.496 e. The third-order valence-electron chi connectivity index (χ3n) is 5.67. The Balaban J connectivity index is 1.70. The molecule has 1 unspecified atom stereocenters. The van der Waals surface area contributed by atoms with Gasteiger partial charge in [0.15, 0.2) is 4.90 Å². The molecule has 0 bridgehead atoms. The molecular formula is C27H22NO6S3+. The van der Waals surface area contributed by atoms with Crippen LogP contribution in [0.1, 0.15) is 18.1 Å². The fourth-order valence-corrected chi connectivity index (χ4v) is 7.35. The van der Waals surface area contributed by atoms with Gasteiger partial charge in [0.2, 0.25) is 0 Å². The van der Waals surface area contributed by atoms with Gasteiger partial charge in [0.1, 0.15) is 16.5 Å². The van der Waals surface area contributed by atoms with E-state index in [1.807, 2.05) is 61.5 Å². The van der Waals surface area contributed by atoms with E-state index >= 15 is 0 Å². The summed E-state index contributed by atoms with van der Waals surface area (Å²) in [5, 5.41) is 0. The number of nitrogens with zero attached hydrogens (tertiary/aromatic N) is 1. The minimum atomic E-state index is -4.65. The average Bonchev–Trinajstić information content (AvgIpc) is 2.89. The van der Waals surface area contributed by atoms with Crippen molar-refractivity contribution in [3.05, 3.63) is 112 Å². The van der Waals surface area contributed by atoms with E-state index in [0.717, 1.165) is 32.6 Å². The zero-order valence-corrected chi connectivity index (χ0v) is 22.3. The molecule has 3 aromatic rings. The molecule has 2 heterocycles. The van der Waals surface area contributed by atoms with Crippen LogP contribution in [0.3, 0.4) is 0 Å². The molecule has 0 fully saturated rings. The van der Waals surface area contributed by atoms with Crippen LogP contribution in [0.2, 0.25) is 0 Å². The third-order valence-corrected chi connectivity index (χ3v) is 9.29. The quantitative estimate of drug-likeness (QED) is 0.156. The summed E-state index contributed by atoms with van der Waals surface area (Å²) < 4.78 is 45.0. The van der Waals surface area contributed by atoms with E-state index in [0.29, 0.717) is 15.5 Å². The summed E-state index contributed by atoms with van der Waals surface area (Å²) >= 11 is 1.69. The average molecular weight is 553 g/mol. The van der Waals surface area contributed by atoms with Gasteiger partial charge in [0, 0.05) is 16.5 Å². The lowest BCUT2D eigenvalue weighted by Gasteiger charge is -2.20. The van der Waals surface area contributed by atoms with Gasteiger partial charge in [0.25, 0.3) is 4.92 Å². The molecule has 2 aliphatic rings. The Hall–Kier alpha value is -3.44. The lowest BCUT2D eigenvalue weighted by Crippen LogP contribution is -2.11. The SMILES string of the molecule is COC1=CC(/C=C2\C=C(C)Sc3ccccc32)=S(O[N+](=O)c2ccccc2S(=O)(=O)O)c2ccccc21. The lowest BCUT2D eigenvalue weighted by atomic mass is 10.0. The van der Waals surface area contributed by atoms with Crippen molar-refractivity contribution in [3.63, 3.8) is 0 Å². The number of ether oxygens (including phenoxy) is 1. The molecule has 2 aliphatic heterocycles. The van der Waals surface area contributed by atoms with Crippen molar-refractivity contribution in [2.45, 2.75) is 21.6 Å². The number of rotatable bonds is 6. The van der Waals surface area contributed by atoms with E-state index in [1.165, 1.54) is 18.2 Å². The predicted molar refractivity (Wildman–Crippen MR) is 147 cm³/mol. The van der Waals surface area contributed by atoms with Crippen LogP contribution >= 0.6 is 22.5 Å². The zero-order chi connectivity index (χ0) is 26.2. The number of thioether (sulfide) groups is 1. The highest BCUT2D eigenvalue weighted by Crippen LogP contribution is 2.44. The maximum atomic E-state index is 13.3. The first-order valence-electron chi connectivity index (χ1n) is 11.1. The molecular weight excluding hydrogens is 530 g/mol. The summed E-state index contributed by atoms with van der Waals surface area (Å²) in [4.78, 5) is 16.5. The monoisotopic (exact) mass is 552 g/mol. The minimum absolute atomic E-state index is 0.152. The van der Waals surface area contributed by atoms with Crippen LogP contribution in [0.15, 0.2) is 111 Å². The van der Waals surface area contributed by atoms with Gasteiger partial charge in [-0.25, -0.2) is 0 Å². The Labute approximate surface area is 221 Å². The molecule has 1 atom stereocenters. The molecule has 1 N–H and O–H groups in total. The molecule has 0 saturated heterocycles. The van der Waals surface area contributed by atoms with E-state index in [4.69, 9.17) is 9.02 Å². The van der Waals surface area contributed by atoms with Crippen LogP contribution in [-0.2, 0) is 19.1 Å². The molecule has 0 spiro atoms. The van der Waals surface area contributed by atoms with Crippen molar-refractivity contribution in [1.82, 2.24) is 0 Å². The second kappa shape index (κ2) is 10.1. The Morgan fingerprint density at radius 1 is 0.946 bits per heavy atom. The highest BCUT2D eigenvalue weighted by atomic mass is 32.2. The number of hydrogen-bond donors (Lipinski definition) is 1. The largest absolute Gasteiger partial charge is 0.496 e. The predicted octanol–water partition coefficient (Wildman–Crippen LogP) is 6.78. The number of benzene rings is 3. The van der Waals surface area contributed by atoms with Crippen LogP contribution in [-0.4, -0.2) is 29.9 Å². The standard InChI is InChI=1S/C27H21NO6S3/c1-18-15-19(21-9-3-6-12-25(21)35-18)16-20-17-24(33-2)22-10-4-7-13-26(22)36(20)34-28(29)23-11-5-8-14-27(23)37(30,31)32/h3-17H,1-2H3/p+1/b19-16+. The summed E-state index contributed by atoms with van der Waals surface area (Å²) in [6.07, 6.45) is 5.86. The first-order valence-corrected chi connectivity index (χ1v) is 14.5. The van der Waals surface area contributed by atoms with Crippen molar-refractivity contribution >= 4 is 54.5 Å². The van der Waals surface area contributed by atoms with Crippen molar-refractivity contribution in [3.8, 4) is 0 Å². The van der Waals surface area contributed by atoms with E-state index in [9.17, 15) is 17.9 Å². The van der Waals surface area contributed by atoms with E-state index in [1.54, 1.807) is 18.9 Å². The Kier molecular flexibility index (Phi) is 6.91. The summed E-state index contributed by atoms with van der Waals surface area (Å²) in [6, 6.07) is 20.8. The summed E-state index contributed by atoms with van der Waals surface area (Å²) in [5.41, 5.74) is 2.44. The normalized spacial score (nSPS) is 17.9. The number of hydrogen-bond acceptors (Lipinski definition) is 6. The molecule has 3 aromatic carbocycles. The first kappa shape index (κ1) is 25.2. The van der Waals surface area contributed by atoms with Gasteiger partial charge in [-0.15, -0.1) is 0 Å². The van der Waals surface area contributed by atoms with Crippen molar-refractivity contribution in [1.29, 1.82) is 0 Å². The van der Waals surface area contributed by atoms with E-state index in [-0.39, 0.29) is 10.6 Å². The van der Waals surface area contributed by atoms with Gasteiger partial charge in [-0.05, 0) is 59.4 Å². The maximum Gasteiger partial charge on any atom is 0.338 e. The number of para-hydroxylation sites is 1. The van der Waals surface area contributed by atoms with Crippen molar-refractivity contribution in [2.24, 2.45) is 0 Å². The number of fused-ring (bicyclic) bond motifs is 2. The molecule has 37 heavy (non-hydrogen) atoms. The van der Waals surface area contributed by atoms with Crippen LogP contribution in [0.25, 0.3) is 11.3 Å². The molecule has 7 nitrogen and oxygen atoms in total. The Morgan fingerprint density at radius 3 is 2.38 bits per heavy atom. The molecule has 0 saturated carbocycles. The summed E-state index contributed by atoms with van der Waals surface area (Å²) in [7, 11) is -4.32. The zero-order valence-electron chi connectivity index (χ0n) is 19.8. The van der Waals surface area contributed by atoms with Crippen LogP contribution < -0.4 is 0 Å². The van der Waals surface area contributed by atoms with Crippen LogP contribution in [0.4, 0.5) is 5.69 Å². The van der Waals surface area contributed by atoms with Gasteiger partial charge < -0.3 is 4.74 Å². The smallest absolute Gasteiger partial charge is 0.338 e. The molecule has 0 aromatic heterocycles. The third kappa shape index (κ3) is 5.05. The first-order chi connectivity index (χ1) is 17.8. The van der Waals surface area contributed by atoms with Crippen molar-refractivity contribution < 1.29 is 26.9 Å². The summed E-state index contributed by atoms with van der Waals surface area (Å²) in [5.74, 6) is 0.616. The van der Waals surface area contributed by atoms with Crippen molar-refractivity contribution in [2.75, 3.05) is 7.11 Å². The Morgan fingerprint density at radius 2 is 1.62 bits per heavy atom. The van der Waals surface area contributed by atoms with Crippen LogP contribution in [0, 0.1) is 4.91 Å². The van der Waals surface area contributed by atoms with Crippen LogP contribution in [0.5, 0.6) is 0 Å². The van der Waals surface area contributed by atoms with Gasteiger partial charge in [-0.2, -0.15) is 12.7 Å².